The molecule has 0 heterocycles. The standard InChI is InChI=1S/C6H2F4O/c7-3-1-5(9)11-6(10)2-4-8/h5-6H. The summed E-state index contributed by atoms with van der Waals surface area (Å²) in [6, 6.07) is 0. The van der Waals surface area contributed by atoms with Gasteiger partial charge < -0.3 is 0 Å². The zero-order valence-electron chi connectivity index (χ0n) is 5.07. The Morgan fingerprint density at radius 3 is 1.55 bits per heavy atom. The third-order valence-corrected chi connectivity index (χ3v) is 0.575. The number of hydrogen-bond acceptors (Lipinski definition) is 1. The molecule has 0 bridgehead atoms. The lowest BCUT2D eigenvalue weighted by Crippen LogP contribution is -2.10. The summed E-state index contributed by atoms with van der Waals surface area (Å²) in [5, 5.41) is 0. The molecule has 1 nitrogen and oxygen atoms in total. The molecule has 0 saturated heterocycles. The molecular formula is C6H2F4O. The second-order valence-corrected chi connectivity index (χ2v) is 1.25. The van der Waals surface area contributed by atoms with Gasteiger partial charge in [-0.15, -0.1) is 8.78 Å². The Hall–Kier alpha value is -1.20. The van der Waals surface area contributed by atoms with Gasteiger partial charge in [-0.1, -0.05) is 0 Å². The molecule has 0 aliphatic heterocycles. The Morgan fingerprint density at radius 2 is 1.27 bits per heavy atom. The lowest BCUT2D eigenvalue weighted by molar-refractivity contribution is -0.0807. The number of alkyl halides is 2. The topological polar surface area (TPSA) is 9.23 Å². The molecule has 0 aromatic rings. The lowest BCUT2D eigenvalue weighted by atomic mass is 10.6. The highest BCUT2D eigenvalue weighted by molar-refractivity contribution is 4.98. The molecule has 11 heavy (non-hydrogen) atoms. The van der Waals surface area contributed by atoms with Crippen LogP contribution in [0.5, 0.6) is 0 Å². The summed E-state index contributed by atoms with van der Waals surface area (Å²) in [7, 11) is 0. The van der Waals surface area contributed by atoms with Crippen molar-refractivity contribution >= 4 is 0 Å². The Bertz CT molecular complexity index is 194. The zero-order chi connectivity index (χ0) is 8.69. The summed E-state index contributed by atoms with van der Waals surface area (Å²) in [6.45, 7) is 0. The van der Waals surface area contributed by atoms with E-state index in [1.165, 1.54) is 11.8 Å². The van der Waals surface area contributed by atoms with Crippen molar-refractivity contribution in [1.29, 1.82) is 0 Å². The van der Waals surface area contributed by atoms with Gasteiger partial charge in [-0.25, -0.2) is 8.78 Å². The number of halogens is 4. The summed E-state index contributed by atoms with van der Waals surface area (Å²) in [5.41, 5.74) is 0. The highest BCUT2D eigenvalue weighted by Crippen LogP contribution is 1.99. The average molecular weight is 166 g/mol. The first-order valence-electron chi connectivity index (χ1n) is 2.36. The molecule has 2 atom stereocenters. The van der Waals surface area contributed by atoms with Crippen LogP contribution in [0.2, 0.25) is 0 Å². The van der Waals surface area contributed by atoms with Crippen LogP contribution in [0.4, 0.5) is 17.6 Å². The van der Waals surface area contributed by atoms with E-state index in [1.807, 2.05) is 0 Å². The Balaban J connectivity index is 3.77. The molecule has 0 fully saturated rings. The first kappa shape index (κ1) is 9.80. The van der Waals surface area contributed by atoms with E-state index in [0.29, 0.717) is 12.3 Å². The fraction of sp³-hybridized carbons (Fsp3) is 0.333. The molecule has 5 heteroatoms. The van der Waals surface area contributed by atoms with Crippen molar-refractivity contribution in [3.63, 3.8) is 0 Å². The van der Waals surface area contributed by atoms with E-state index in [4.69, 9.17) is 0 Å². The fourth-order valence-electron chi connectivity index (χ4n) is 0.259. The molecule has 0 saturated carbocycles. The van der Waals surface area contributed by atoms with Crippen molar-refractivity contribution in [2.45, 2.75) is 12.7 Å². The number of hydrogen-bond donors (Lipinski definition) is 0. The quantitative estimate of drug-likeness (QED) is 0.445. The van der Waals surface area contributed by atoms with Gasteiger partial charge in [0, 0.05) is 0 Å². The molecule has 0 aliphatic rings. The predicted molar refractivity (Wildman–Crippen MR) is 28.6 cm³/mol. The Kier molecular flexibility index (Phi) is 4.97. The van der Waals surface area contributed by atoms with Crippen molar-refractivity contribution < 1.29 is 22.3 Å². The van der Waals surface area contributed by atoms with Crippen LogP contribution >= 0.6 is 0 Å². The third-order valence-electron chi connectivity index (χ3n) is 0.575. The van der Waals surface area contributed by atoms with E-state index < -0.39 is 12.7 Å². The minimum absolute atomic E-state index is 0.656. The first-order valence-corrected chi connectivity index (χ1v) is 2.36. The summed E-state index contributed by atoms with van der Waals surface area (Å²) >= 11 is 0. The van der Waals surface area contributed by atoms with Crippen LogP contribution in [0.1, 0.15) is 0 Å². The SMILES string of the molecule is FC#CC(F)OC(F)C#CF. The molecular weight excluding hydrogens is 164 g/mol. The maximum Gasteiger partial charge on any atom is 0.267 e. The zero-order valence-corrected chi connectivity index (χ0v) is 5.07. The predicted octanol–water partition coefficient (Wildman–Crippen LogP) is 1.46. The summed E-state index contributed by atoms with van der Waals surface area (Å²) < 4.78 is 49.3. The largest absolute Gasteiger partial charge is 0.293 e. The fourth-order valence-corrected chi connectivity index (χ4v) is 0.259. The number of rotatable bonds is 2. The van der Waals surface area contributed by atoms with Crippen LogP contribution in [0.15, 0.2) is 0 Å². The van der Waals surface area contributed by atoms with Crippen molar-refractivity contribution in [3.05, 3.63) is 0 Å². The summed E-state index contributed by atoms with van der Waals surface area (Å²) in [6.07, 6.45) is -3.56. The molecule has 0 aromatic heterocycles. The molecule has 0 N–H and O–H groups in total. The molecule has 0 aromatic carbocycles. The maximum atomic E-state index is 11.9. The van der Waals surface area contributed by atoms with E-state index >= 15 is 0 Å². The maximum absolute atomic E-state index is 11.9. The molecule has 2 unspecified atom stereocenters. The highest BCUT2D eigenvalue weighted by atomic mass is 19.2. The van der Waals surface area contributed by atoms with Gasteiger partial charge in [-0.2, -0.15) is 0 Å². The van der Waals surface area contributed by atoms with Gasteiger partial charge in [0.05, 0.1) is 0 Å². The van der Waals surface area contributed by atoms with Crippen LogP contribution in [-0.4, -0.2) is 12.7 Å². The van der Waals surface area contributed by atoms with Crippen LogP contribution in [0.25, 0.3) is 0 Å². The molecule has 60 valence electrons. The summed E-state index contributed by atoms with van der Waals surface area (Å²) in [4.78, 5) is 0. The number of ether oxygens (including phenoxy) is 1. The van der Waals surface area contributed by atoms with Gasteiger partial charge in [0.2, 0.25) is 0 Å². The molecule has 0 rings (SSSR count). The summed E-state index contributed by atoms with van der Waals surface area (Å²) in [5.74, 6) is 2.40. The van der Waals surface area contributed by atoms with Crippen LogP contribution in [-0.2, 0) is 4.74 Å². The normalized spacial score (nSPS) is 13.5. The van der Waals surface area contributed by atoms with Crippen LogP contribution in [0, 0.1) is 24.2 Å². The van der Waals surface area contributed by atoms with E-state index in [0.717, 1.165) is 0 Å². The third kappa shape index (κ3) is 5.25. The molecule has 0 radical (unpaired) electrons. The highest BCUT2D eigenvalue weighted by Gasteiger charge is 2.09. The average Bonchev–Trinajstić information content (AvgIpc) is 1.87. The van der Waals surface area contributed by atoms with E-state index in [-0.39, 0.29) is 0 Å². The van der Waals surface area contributed by atoms with Crippen LogP contribution in [0.3, 0.4) is 0 Å². The lowest BCUT2D eigenvalue weighted by Gasteiger charge is -2.01. The van der Waals surface area contributed by atoms with Crippen molar-refractivity contribution in [3.8, 4) is 24.2 Å². The van der Waals surface area contributed by atoms with Gasteiger partial charge >= 0.3 is 0 Å². The minimum Gasteiger partial charge on any atom is -0.293 e. The monoisotopic (exact) mass is 166 g/mol. The second-order valence-electron chi connectivity index (χ2n) is 1.25. The van der Waals surface area contributed by atoms with Crippen molar-refractivity contribution in [2.24, 2.45) is 0 Å². The van der Waals surface area contributed by atoms with E-state index in [1.54, 1.807) is 0 Å². The van der Waals surface area contributed by atoms with Gasteiger partial charge in [0.15, 0.2) is 0 Å². The van der Waals surface area contributed by atoms with Gasteiger partial charge in [-0.3, -0.25) is 4.74 Å². The Morgan fingerprint density at radius 1 is 0.909 bits per heavy atom. The first-order chi connectivity index (χ1) is 5.20. The molecule has 0 spiro atoms. The van der Waals surface area contributed by atoms with Gasteiger partial charge in [-0.05, 0) is 11.8 Å². The second kappa shape index (κ2) is 5.57. The van der Waals surface area contributed by atoms with Gasteiger partial charge in [0.1, 0.15) is 12.3 Å². The smallest absolute Gasteiger partial charge is 0.267 e. The van der Waals surface area contributed by atoms with E-state index in [2.05, 4.69) is 4.74 Å². The molecule has 0 amide bonds. The van der Waals surface area contributed by atoms with Crippen LogP contribution < -0.4 is 0 Å². The van der Waals surface area contributed by atoms with Crippen molar-refractivity contribution in [1.82, 2.24) is 0 Å². The van der Waals surface area contributed by atoms with E-state index in [9.17, 15) is 17.6 Å². The van der Waals surface area contributed by atoms with Gasteiger partial charge in [0.25, 0.3) is 12.7 Å². The van der Waals surface area contributed by atoms with Crippen molar-refractivity contribution in [2.75, 3.05) is 0 Å². The Labute approximate surface area is 60.3 Å². The molecule has 0 aliphatic carbocycles. The minimum atomic E-state index is -2.43.